The van der Waals surface area contributed by atoms with Crippen molar-refractivity contribution in [2.45, 2.75) is 12.3 Å². The van der Waals surface area contributed by atoms with Gasteiger partial charge in [-0.15, -0.1) is 0 Å². The summed E-state index contributed by atoms with van der Waals surface area (Å²) in [4.78, 5) is 14.7. The molecule has 0 amide bonds. The Morgan fingerprint density at radius 2 is 0.875 bits per heavy atom. The fourth-order valence-corrected chi connectivity index (χ4v) is 9.21. The van der Waals surface area contributed by atoms with E-state index in [0.717, 1.165) is 28.1 Å². The monoisotopic (exact) mass is 713 g/mol. The van der Waals surface area contributed by atoms with Gasteiger partial charge in [-0.25, -0.2) is 9.97 Å². The Bertz CT molecular complexity index is 2880. The number of aryl methyl sites for hydroxylation is 1. The molecule has 0 bridgehead atoms. The van der Waals surface area contributed by atoms with Gasteiger partial charge < -0.3 is 0 Å². The van der Waals surface area contributed by atoms with Crippen LogP contribution in [0.25, 0.3) is 78.4 Å². The second-order valence-corrected chi connectivity index (χ2v) is 14.8. The van der Waals surface area contributed by atoms with Crippen molar-refractivity contribution in [1.82, 2.24) is 15.0 Å². The number of benzene rings is 7. The molecule has 3 nitrogen and oxygen atoms in total. The molecule has 0 saturated heterocycles. The van der Waals surface area contributed by atoms with Crippen LogP contribution in [0.15, 0.2) is 194 Å². The van der Waals surface area contributed by atoms with E-state index in [1.54, 1.807) is 0 Å². The lowest BCUT2D eigenvalue weighted by Crippen LogP contribution is -2.26. The van der Waals surface area contributed by atoms with E-state index in [1.807, 2.05) is 36.7 Å². The quantitative estimate of drug-likeness (QED) is 0.178. The molecule has 0 fully saturated rings. The van der Waals surface area contributed by atoms with E-state index < -0.39 is 5.41 Å². The number of hydrogen-bond acceptors (Lipinski definition) is 3. The Labute approximate surface area is 326 Å². The normalized spacial score (nSPS) is 12.9. The summed E-state index contributed by atoms with van der Waals surface area (Å²) in [6.07, 6.45) is 3.81. The van der Waals surface area contributed by atoms with Crippen molar-refractivity contribution in [3.05, 3.63) is 222 Å². The molecule has 0 N–H and O–H groups in total. The van der Waals surface area contributed by atoms with E-state index in [-0.39, 0.29) is 0 Å². The fraction of sp³-hybridized carbons (Fsp3) is 0.0377. The molecule has 7 aromatic carbocycles. The highest BCUT2D eigenvalue weighted by atomic mass is 14.9. The second-order valence-electron chi connectivity index (χ2n) is 14.8. The van der Waals surface area contributed by atoms with Crippen molar-refractivity contribution in [3.8, 4) is 78.4 Å². The summed E-state index contributed by atoms with van der Waals surface area (Å²) in [5, 5.41) is 0. The molecule has 9 aromatic rings. The van der Waals surface area contributed by atoms with Crippen LogP contribution >= 0.6 is 0 Å². The van der Waals surface area contributed by atoms with E-state index in [1.165, 1.54) is 72.3 Å². The summed E-state index contributed by atoms with van der Waals surface area (Å²) >= 11 is 0. The third-order valence-corrected chi connectivity index (χ3v) is 11.7. The first-order valence-electron chi connectivity index (χ1n) is 19.2. The minimum absolute atomic E-state index is 0.513. The highest BCUT2D eigenvalue weighted by Gasteiger charge is 2.51. The van der Waals surface area contributed by atoms with Gasteiger partial charge in [0.2, 0.25) is 0 Å². The zero-order valence-electron chi connectivity index (χ0n) is 30.8. The molecule has 0 radical (unpaired) electrons. The summed E-state index contributed by atoms with van der Waals surface area (Å²) in [5.74, 6) is 0.714. The van der Waals surface area contributed by atoms with Crippen LogP contribution in [-0.2, 0) is 5.41 Å². The van der Waals surface area contributed by atoms with Crippen LogP contribution in [0.5, 0.6) is 0 Å². The average molecular weight is 714 g/mol. The lowest BCUT2D eigenvalue weighted by molar-refractivity contribution is 0.794. The van der Waals surface area contributed by atoms with Gasteiger partial charge in [-0.3, -0.25) is 4.98 Å². The first kappa shape index (κ1) is 32.2. The van der Waals surface area contributed by atoms with Crippen molar-refractivity contribution in [1.29, 1.82) is 0 Å². The fourth-order valence-electron chi connectivity index (χ4n) is 9.21. The standard InChI is InChI=1S/C53H35N3/c1-34-33-54-28-27-41(34)39-18-12-17-37(29-39)38-23-25-44-45-26-24-40(51-32-50(35-13-4-2-5-14-35)55-52(56-51)36-15-6-3-7-16-36)31-49(45)53(48(44)30-38)46-21-10-8-19-42(46)43-20-9-11-22-47(43)53/h2-33H,1H3. The smallest absolute Gasteiger partial charge is 0.160 e. The molecule has 1 spiro atoms. The molecule has 262 valence electrons. The summed E-state index contributed by atoms with van der Waals surface area (Å²) in [6, 6.07) is 65.9. The van der Waals surface area contributed by atoms with Crippen molar-refractivity contribution >= 4 is 0 Å². The van der Waals surface area contributed by atoms with Gasteiger partial charge in [0, 0.05) is 29.1 Å². The van der Waals surface area contributed by atoms with Crippen molar-refractivity contribution in [2.24, 2.45) is 0 Å². The Morgan fingerprint density at radius 3 is 1.55 bits per heavy atom. The molecule has 0 atom stereocenters. The van der Waals surface area contributed by atoms with Gasteiger partial charge in [0.05, 0.1) is 16.8 Å². The van der Waals surface area contributed by atoms with Gasteiger partial charge in [0.15, 0.2) is 5.82 Å². The number of hydrogen-bond donors (Lipinski definition) is 0. The van der Waals surface area contributed by atoms with Gasteiger partial charge in [-0.05, 0) is 110 Å². The van der Waals surface area contributed by atoms with Gasteiger partial charge in [-0.1, -0.05) is 152 Å². The lowest BCUT2D eigenvalue weighted by atomic mass is 9.70. The highest BCUT2D eigenvalue weighted by Crippen LogP contribution is 2.63. The first-order valence-corrected chi connectivity index (χ1v) is 19.2. The van der Waals surface area contributed by atoms with Crippen molar-refractivity contribution in [3.63, 3.8) is 0 Å². The average Bonchev–Trinajstić information content (AvgIpc) is 3.74. The summed E-state index contributed by atoms with van der Waals surface area (Å²) in [7, 11) is 0. The zero-order valence-corrected chi connectivity index (χ0v) is 30.8. The number of pyridine rings is 1. The van der Waals surface area contributed by atoms with Crippen LogP contribution in [0.3, 0.4) is 0 Å². The molecule has 2 aliphatic carbocycles. The van der Waals surface area contributed by atoms with Crippen LogP contribution < -0.4 is 0 Å². The zero-order chi connectivity index (χ0) is 37.2. The summed E-state index contributed by atoms with van der Waals surface area (Å²) in [6.45, 7) is 2.13. The molecule has 3 heteroatoms. The lowest BCUT2D eigenvalue weighted by Gasteiger charge is -2.31. The van der Waals surface area contributed by atoms with E-state index >= 15 is 0 Å². The maximum Gasteiger partial charge on any atom is 0.160 e. The van der Waals surface area contributed by atoms with E-state index in [9.17, 15) is 0 Å². The Kier molecular flexibility index (Phi) is 7.30. The number of aromatic nitrogens is 3. The summed E-state index contributed by atoms with van der Waals surface area (Å²) < 4.78 is 0. The molecular formula is C53H35N3. The molecule has 11 rings (SSSR count). The third-order valence-electron chi connectivity index (χ3n) is 11.7. The maximum atomic E-state index is 5.26. The largest absolute Gasteiger partial charge is 0.264 e. The Hall–Kier alpha value is -7.23. The highest BCUT2D eigenvalue weighted by molar-refractivity contribution is 5.97. The molecule has 2 aromatic heterocycles. The van der Waals surface area contributed by atoms with Crippen LogP contribution in [0.4, 0.5) is 0 Å². The molecule has 56 heavy (non-hydrogen) atoms. The minimum atomic E-state index is -0.513. The summed E-state index contributed by atoms with van der Waals surface area (Å²) in [5.41, 5.74) is 20.7. The SMILES string of the molecule is Cc1cnccc1-c1cccc(-c2ccc3c(c2)C2(c4ccccc4-c4ccccc42)c2cc(-c4cc(-c5ccccc5)nc(-c5ccccc5)n4)ccc2-3)c1. The molecule has 0 aliphatic heterocycles. The topological polar surface area (TPSA) is 38.7 Å². The predicted octanol–water partition coefficient (Wildman–Crippen LogP) is 12.9. The van der Waals surface area contributed by atoms with Gasteiger partial charge in [0.25, 0.3) is 0 Å². The molecular weight excluding hydrogens is 679 g/mol. The Morgan fingerprint density at radius 1 is 0.357 bits per heavy atom. The molecule has 0 unspecified atom stereocenters. The van der Waals surface area contributed by atoms with Gasteiger partial charge in [-0.2, -0.15) is 0 Å². The van der Waals surface area contributed by atoms with Crippen molar-refractivity contribution < 1.29 is 0 Å². The van der Waals surface area contributed by atoms with Crippen LogP contribution in [-0.4, -0.2) is 15.0 Å². The molecule has 0 saturated carbocycles. The minimum Gasteiger partial charge on any atom is -0.264 e. The van der Waals surface area contributed by atoms with Gasteiger partial charge in [0.1, 0.15) is 0 Å². The number of rotatable bonds is 5. The van der Waals surface area contributed by atoms with Crippen LogP contribution in [0.1, 0.15) is 27.8 Å². The number of nitrogens with zero attached hydrogens (tertiary/aromatic N) is 3. The van der Waals surface area contributed by atoms with E-state index in [2.05, 4.69) is 170 Å². The van der Waals surface area contributed by atoms with Gasteiger partial charge >= 0.3 is 0 Å². The van der Waals surface area contributed by atoms with Crippen LogP contribution in [0.2, 0.25) is 0 Å². The van der Waals surface area contributed by atoms with E-state index in [4.69, 9.17) is 9.97 Å². The van der Waals surface area contributed by atoms with Crippen molar-refractivity contribution in [2.75, 3.05) is 0 Å². The molecule has 2 heterocycles. The Balaban J connectivity index is 1.15. The first-order chi connectivity index (χ1) is 27.7. The van der Waals surface area contributed by atoms with Crippen LogP contribution in [0, 0.1) is 6.92 Å². The van der Waals surface area contributed by atoms with E-state index in [0.29, 0.717) is 5.82 Å². The third kappa shape index (κ3) is 4.87. The second kappa shape index (κ2) is 12.7. The predicted molar refractivity (Wildman–Crippen MR) is 228 cm³/mol. The number of fused-ring (bicyclic) bond motifs is 10. The maximum absolute atomic E-state index is 5.26. The molecule has 2 aliphatic rings.